The van der Waals surface area contributed by atoms with Crippen molar-refractivity contribution in [2.75, 3.05) is 5.32 Å². The first-order valence-corrected chi connectivity index (χ1v) is 11.2. The number of carbonyl (C=O) groups is 1. The van der Waals surface area contributed by atoms with Gasteiger partial charge in [-0.1, -0.05) is 29.3 Å². The van der Waals surface area contributed by atoms with Gasteiger partial charge in [0.05, 0.1) is 16.6 Å². The lowest BCUT2D eigenvalue weighted by molar-refractivity contribution is 0.0337. The number of halogens is 2. The van der Waals surface area contributed by atoms with E-state index < -0.39 is 23.5 Å². The summed E-state index contributed by atoms with van der Waals surface area (Å²) in [5.41, 5.74) is 0.215. The van der Waals surface area contributed by atoms with Crippen LogP contribution in [-0.2, 0) is 25.4 Å². The molecule has 0 unspecified atom stereocenters. The van der Waals surface area contributed by atoms with Gasteiger partial charge < -0.3 is 19.7 Å². The number of rotatable bonds is 5. The van der Waals surface area contributed by atoms with Crippen LogP contribution in [0.5, 0.6) is 0 Å². The zero-order valence-electron chi connectivity index (χ0n) is 18.0. The normalized spacial score (nSPS) is 18.4. The Morgan fingerprint density at radius 1 is 1.21 bits per heavy atom. The molecule has 0 bridgehead atoms. The van der Waals surface area contributed by atoms with Gasteiger partial charge in [0.25, 0.3) is 5.56 Å². The maximum atomic E-state index is 13.3. The predicted octanol–water partition coefficient (Wildman–Crippen LogP) is 3.21. The molecular weight excluding hydrogens is 473 g/mol. The van der Waals surface area contributed by atoms with E-state index in [9.17, 15) is 14.4 Å². The van der Waals surface area contributed by atoms with Crippen molar-refractivity contribution in [3.63, 3.8) is 0 Å². The van der Waals surface area contributed by atoms with E-state index in [1.54, 1.807) is 36.9 Å². The molecule has 0 aliphatic heterocycles. The van der Waals surface area contributed by atoms with Crippen molar-refractivity contribution in [2.24, 2.45) is 14.1 Å². The van der Waals surface area contributed by atoms with E-state index >= 15 is 0 Å². The number of hydrogen-bond acceptors (Lipinski definition) is 6. The summed E-state index contributed by atoms with van der Waals surface area (Å²) in [6.07, 6.45) is 1.09. The summed E-state index contributed by atoms with van der Waals surface area (Å²) in [5, 5.41) is 12.9. The maximum absolute atomic E-state index is 13.3. The fourth-order valence-corrected chi connectivity index (χ4v) is 4.56. The van der Waals surface area contributed by atoms with Crippen LogP contribution in [0.1, 0.15) is 31.2 Å². The summed E-state index contributed by atoms with van der Waals surface area (Å²) < 4.78 is 9.00. The molecule has 10 nitrogen and oxygen atoms in total. The summed E-state index contributed by atoms with van der Waals surface area (Å²) >= 11 is 12.0. The lowest BCUT2D eigenvalue weighted by Crippen LogP contribution is -2.39. The van der Waals surface area contributed by atoms with Crippen LogP contribution < -0.4 is 16.6 Å². The third-order valence-electron chi connectivity index (χ3n) is 5.91. The Kier molecular flexibility index (Phi) is 6.40. The van der Waals surface area contributed by atoms with Crippen molar-refractivity contribution in [1.82, 2.24) is 18.7 Å². The van der Waals surface area contributed by atoms with Gasteiger partial charge in [0.15, 0.2) is 11.2 Å². The van der Waals surface area contributed by atoms with Crippen molar-refractivity contribution in [1.29, 1.82) is 0 Å². The molecule has 12 heteroatoms. The van der Waals surface area contributed by atoms with Crippen molar-refractivity contribution in [3.8, 4) is 0 Å². The van der Waals surface area contributed by atoms with Crippen LogP contribution in [0.4, 0.5) is 10.7 Å². The fourth-order valence-electron chi connectivity index (χ4n) is 4.24. The predicted molar refractivity (Wildman–Crippen MR) is 125 cm³/mol. The molecule has 0 amide bonds. The number of benzene rings is 1. The smallest absolute Gasteiger partial charge is 0.450 e. The van der Waals surface area contributed by atoms with Crippen molar-refractivity contribution in [2.45, 2.75) is 44.4 Å². The number of fused-ring (bicyclic) bond motifs is 1. The second-order valence-corrected chi connectivity index (χ2v) is 8.98. The number of anilines is 1. The first kappa shape index (κ1) is 23.2. The van der Waals surface area contributed by atoms with Crippen LogP contribution in [-0.4, -0.2) is 42.1 Å². The van der Waals surface area contributed by atoms with Crippen LogP contribution in [0.15, 0.2) is 27.8 Å². The monoisotopic (exact) mass is 495 g/mol. The Morgan fingerprint density at radius 3 is 2.67 bits per heavy atom. The maximum Gasteiger partial charge on any atom is 0.506 e. The molecule has 1 aromatic carbocycles. The standard InChI is InChI=1S/C21H23Cl2N5O5/c1-26-16-17(25-19(26)24-12-4-3-5-13(9-12)33-21(31)32)27(2)20(30)28(18(16)29)10-11-6-7-14(22)15(23)8-11/h6-8,12-13H,3-5,9-10H2,1-2H3,(H,24,25)(H,31,32)/t12-,13+/m1/s1. The Balaban J connectivity index is 1.68. The number of nitrogens with zero attached hydrogens (tertiary/aromatic N) is 4. The Morgan fingerprint density at radius 2 is 1.97 bits per heavy atom. The molecule has 176 valence electrons. The molecule has 2 N–H and O–H groups in total. The number of hydrogen-bond donors (Lipinski definition) is 2. The SMILES string of the molecule is Cn1c(N[C@@H]2CCC[C@H](OC(=O)O)C2)nc2c1c(=O)n(Cc1ccc(Cl)c(Cl)c1)c(=O)n2C. The molecule has 2 atom stereocenters. The van der Waals surface area contributed by atoms with Gasteiger partial charge in [-0.3, -0.25) is 13.9 Å². The van der Waals surface area contributed by atoms with Gasteiger partial charge in [0.2, 0.25) is 5.95 Å². The second-order valence-electron chi connectivity index (χ2n) is 8.16. The second kappa shape index (κ2) is 9.11. The quantitative estimate of drug-likeness (QED) is 0.521. The zero-order chi connectivity index (χ0) is 23.9. The molecule has 0 spiro atoms. The lowest BCUT2D eigenvalue weighted by Gasteiger charge is -2.28. The highest BCUT2D eigenvalue weighted by atomic mass is 35.5. The molecule has 0 saturated heterocycles. The summed E-state index contributed by atoms with van der Waals surface area (Å²) in [7, 11) is 3.25. The topological polar surface area (TPSA) is 120 Å². The summed E-state index contributed by atoms with van der Waals surface area (Å²) in [5.74, 6) is 0.422. The van der Waals surface area contributed by atoms with Crippen LogP contribution >= 0.6 is 23.2 Å². The van der Waals surface area contributed by atoms with E-state index in [1.807, 2.05) is 0 Å². The Hall–Kier alpha value is -2.98. The minimum absolute atomic E-state index is 0.0309. The molecule has 1 fully saturated rings. The van der Waals surface area contributed by atoms with Gasteiger partial charge in [-0.15, -0.1) is 0 Å². The van der Waals surface area contributed by atoms with Crippen LogP contribution in [0.2, 0.25) is 10.0 Å². The van der Waals surface area contributed by atoms with E-state index in [-0.39, 0.29) is 23.8 Å². The molecule has 1 aliphatic carbocycles. The number of carboxylic acid groups (broad SMARTS) is 1. The molecule has 1 saturated carbocycles. The van der Waals surface area contributed by atoms with E-state index in [1.165, 1.54) is 4.57 Å². The van der Waals surface area contributed by atoms with Crippen molar-refractivity contribution in [3.05, 3.63) is 54.6 Å². The largest absolute Gasteiger partial charge is 0.506 e. The number of aromatic nitrogens is 4. The van der Waals surface area contributed by atoms with Gasteiger partial charge in [0, 0.05) is 26.6 Å². The average Bonchev–Trinajstić information content (AvgIpc) is 3.08. The summed E-state index contributed by atoms with van der Waals surface area (Å²) in [4.78, 5) is 41.6. The van der Waals surface area contributed by atoms with Crippen LogP contribution in [0.25, 0.3) is 11.2 Å². The van der Waals surface area contributed by atoms with Crippen LogP contribution in [0, 0.1) is 0 Å². The molecule has 2 aromatic heterocycles. The first-order chi connectivity index (χ1) is 15.7. The molecular formula is C21H23Cl2N5O5. The minimum atomic E-state index is -1.29. The Bertz CT molecular complexity index is 1350. The number of ether oxygens (including phenoxy) is 1. The highest BCUT2D eigenvalue weighted by molar-refractivity contribution is 6.42. The lowest BCUT2D eigenvalue weighted by atomic mass is 9.93. The number of aryl methyl sites for hydroxylation is 2. The molecule has 2 heterocycles. The zero-order valence-corrected chi connectivity index (χ0v) is 19.6. The third kappa shape index (κ3) is 4.58. The average molecular weight is 496 g/mol. The molecule has 4 rings (SSSR count). The highest BCUT2D eigenvalue weighted by Crippen LogP contribution is 2.25. The molecule has 3 aromatic rings. The van der Waals surface area contributed by atoms with Gasteiger partial charge in [-0.25, -0.2) is 9.59 Å². The summed E-state index contributed by atoms with van der Waals surface area (Å²) in [6, 6.07) is 4.87. The van der Waals surface area contributed by atoms with Gasteiger partial charge in [0.1, 0.15) is 6.10 Å². The fraction of sp³-hybridized carbons (Fsp3) is 0.429. The minimum Gasteiger partial charge on any atom is -0.450 e. The number of nitrogens with one attached hydrogen (secondary N) is 1. The Labute approximate surface area is 198 Å². The summed E-state index contributed by atoms with van der Waals surface area (Å²) in [6.45, 7) is 0.0309. The van der Waals surface area contributed by atoms with E-state index in [0.717, 1.165) is 17.4 Å². The van der Waals surface area contributed by atoms with E-state index in [4.69, 9.17) is 33.0 Å². The van der Waals surface area contributed by atoms with Crippen molar-refractivity contribution >= 4 is 46.5 Å². The van der Waals surface area contributed by atoms with Gasteiger partial charge in [-0.2, -0.15) is 4.98 Å². The van der Waals surface area contributed by atoms with Gasteiger partial charge >= 0.3 is 11.8 Å². The number of imidazole rings is 1. The molecule has 1 aliphatic rings. The highest BCUT2D eigenvalue weighted by Gasteiger charge is 2.27. The molecule has 0 radical (unpaired) electrons. The van der Waals surface area contributed by atoms with Gasteiger partial charge in [-0.05, 0) is 37.0 Å². The third-order valence-corrected chi connectivity index (χ3v) is 6.65. The van der Waals surface area contributed by atoms with E-state index in [2.05, 4.69) is 10.3 Å². The van der Waals surface area contributed by atoms with E-state index in [0.29, 0.717) is 34.4 Å². The van der Waals surface area contributed by atoms with Crippen LogP contribution in [0.3, 0.4) is 0 Å². The first-order valence-electron chi connectivity index (χ1n) is 10.4. The molecule has 33 heavy (non-hydrogen) atoms. The van der Waals surface area contributed by atoms with Crippen molar-refractivity contribution < 1.29 is 14.6 Å².